The lowest BCUT2D eigenvalue weighted by Gasteiger charge is -2.34. The average Bonchev–Trinajstić information content (AvgIpc) is 3.33. The minimum Gasteiger partial charge on any atom is -0.341 e. The van der Waals surface area contributed by atoms with E-state index in [2.05, 4.69) is 32.4 Å². The van der Waals surface area contributed by atoms with E-state index in [-0.39, 0.29) is 22.8 Å². The molecule has 0 bridgehead atoms. The number of nitrogens with zero attached hydrogens (tertiary/aromatic N) is 6. The van der Waals surface area contributed by atoms with E-state index in [1.807, 2.05) is 32.0 Å². The Bertz CT molecular complexity index is 1760. The largest absolute Gasteiger partial charge is 0.341 e. The van der Waals surface area contributed by atoms with Crippen LogP contribution in [0.3, 0.4) is 0 Å². The summed E-state index contributed by atoms with van der Waals surface area (Å²) < 4.78 is 1.73. The van der Waals surface area contributed by atoms with Crippen LogP contribution in [0, 0.1) is 5.92 Å². The van der Waals surface area contributed by atoms with E-state index >= 15 is 0 Å². The number of amides is 2. The van der Waals surface area contributed by atoms with Crippen LogP contribution in [-0.4, -0.2) is 60.4 Å². The van der Waals surface area contributed by atoms with Crippen molar-refractivity contribution in [2.45, 2.75) is 39.2 Å². The number of rotatable bonds is 8. The van der Waals surface area contributed by atoms with Crippen molar-refractivity contribution in [1.29, 1.82) is 0 Å². The Hall–Kier alpha value is -4.37. The number of carbonyl (C=O) groups is 2. The number of carbonyl (C=O) groups excluding carboxylic acids is 2. The van der Waals surface area contributed by atoms with Crippen LogP contribution < -0.4 is 5.32 Å². The number of likely N-dealkylation sites (tertiary alicyclic amines) is 1. The molecule has 208 valence electrons. The number of hydrogen-bond donors (Lipinski definition) is 1. The Balaban J connectivity index is 1.23. The molecule has 0 radical (unpaired) electrons. The fourth-order valence-electron chi connectivity index (χ4n) is 5.06. The predicted octanol–water partition coefficient (Wildman–Crippen LogP) is 4.96. The van der Waals surface area contributed by atoms with E-state index in [1.54, 1.807) is 46.2 Å². The van der Waals surface area contributed by atoms with Crippen molar-refractivity contribution >= 4 is 40.1 Å². The highest BCUT2D eigenvalue weighted by Crippen LogP contribution is 2.25. The number of imidazole rings is 1. The molecular weight excluding hydrogens is 538 g/mol. The Kier molecular flexibility index (Phi) is 7.36. The molecule has 0 spiro atoms. The van der Waals surface area contributed by atoms with Crippen molar-refractivity contribution in [2.75, 3.05) is 13.1 Å². The highest BCUT2D eigenvalue weighted by Gasteiger charge is 2.30. The first-order chi connectivity index (χ1) is 19.9. The zero-order valence-corrected chi connectivity index (χ0v) is 23.7. The molecule has 5 aromatic rings. The van der Waals surface area contributed by atoms with Gasteiger partial charge in [0, 0.05) is 36.7 Å². The SMILES string of the molecule is CC(C)C[C@@H](NC(=O)c1ccc(-c2cnc3ncc(Cc4ccc5ncccc5c4)n3n2)cc1Cl)C(=O)N1CCC1. The van der Waals surface area contributed by atoms with Gasteiger partial charge >= 0.3 is 0 Å². The molecule has 0 aliphatic carbocycles. The molecule has 3 aromatic heterocycles. The van der Waals surface area contributed by atoms with Crippen molar-refractivity contribution < 1.29 is 9.59 Å². The van der Waals surface area contributed by atoms with E-state index in [4.69, 9.17) is 16.7 Å². The van der Waals surface area contributed by atoms with Gasteiger partial charge in [-0.2, -0.15) is 5.10 Å². The van der Waals surface area contributed by atoms with Crippen LogP contribution >= 0.6 is 11.6 Å². The van der Waals surface area contributed by atoms with Crippen LogP contribution in [0.5, 0.6) is 0 Å². The van der Waals surface area contributed by atoms with Gasteiger partial charge in [0.25, 0.3) is 11.7 Å². The number of aromatic nitrogens is 5. The Morgan fingerprint density at radius 3 is 2.61 bits per heavy atom. The third-order valence-electron chi connectivity index (χ3n) is 7.34. The summed E-state index contributed by atoms with van der Waals surface area (Å²) >= 11 is 6.60. The number of pyridine rings is 1. The van der Waals surface area contributed by atoms with Crippen LogP contribution in [0.1, 0.15) is 48.3 Å². The molecule has 10 heteroatoms. The molecule has 4 heterocycles. The molecule has 1 aliphatic heterocycles. The highest BCUT2D eigenvalue weighted by atomic mass is 35.5. The van der Waals surface area contributed by atoms with Gasteiger partial charge in [0.1, 0.15) is 11.7 Å². The van der Waals surface area contributed by atoms with Gasteiger partial charge in [-0.1, -0.05) is 43.6 Å². The molecule has 2 aromatic carbocycles. The lowest BCUT2D eigenvalue weighted by molar-refractivity contribution is -0.137. The molecule has 1 saturated heterocycles. The second-order valence-corrected chi connectivity index (χ2v) is 11.2. The van der Waals surface area contributed by atoms with Crippen molar-refractivity contribution in [3.05, 3.63) is 89.0 Å². The van der Waals surface area contributed by atoms with Gasteiger partial charge in [0.2, 0.25) is 5.91 Å². The van der Waals surface area contributed by atoms with Crippen LogP contribution in [0.2, 0.25) is 5.02 Å². The van der Waals surface area contributed by atoms with Crippen LogP contribution in [0.4, 0.5) is 0 Å². The van der Waals surface area contributed by atoms with Gasteiger partial charge in [-0.05, 0) is 54.7 Å². The van der Waals surface area contributed by atoms with Gasteiger partial charge < -0.3 is 10.2 Å². The normalized spacial score (nSPS) is 13.9. The van der Waals surface area contributed by atoms with Crippen molar-refractivity contribution in [1.82, 2.24) is 34.8 Å². The monoisotopic (exact) mass is 567 g/mol. The first-order valence-corrected chi connectivity index (χ1v) is 14.2. The Labute approximate surface area is 242 Å². The summed E-state index contributed by atoms with van der Waals surface area (Å²) in [5, 5.41) is 9.06. The van der Waals surface area contributed by atoms with E-state index < -0.39 is 6.04 Å². The maximum atomic E-state index is 13.2. The Morgan fingerprint density at radius 1 is 1.02 bits per heavy atom. The molecule has 6 rings (SSSR count). The van der Waals surface area contributed by atoms with Gasteiger partial charge in [-0.25, -0.2) is 14.5 Å². The van der Waals surface area contributed by atoms with Gasteiger partial charge in [-0.15, -0.1) is 0 Å². The van der Waals surface area contributed by atoms with Gasteiger partial charge in [0.05, 0.1) is 34.2 Å². The number of halogens is 1. The summed E-state index contributed by atoms with van der Waals surface area (Å²) in [5.41, 5.74) is 4.57. The second kappa shape index (κ2) is 11.2. The minimum absolute atomic E-state index is 0.0360. The summed E-state index contributed by atoms with van der Waals surface area (Å²) in [5.74, 6) is 0.343. The van der Waals surface area contributed by atoms with Crippen LogP contribution in [-0.2, 0) is 11.2 Å². The van der Waals surface area contributed by atoms with E-state index in [0.717, 1.165) is 41.7 Å². The summed E-state index contributed by atoms with van der Waals surface area (Å²) in [6.07, 6.45) is 7.39. The lowest BCUT2D eigenvalue weighted by atomic mass is 10.0. The number of benzene rings is 2. The van der Waals surface area contributed by atoms with E-state index in [1.165, 1.54) is 0 Å². The maximum Gasteiger partial charge on any atom is 0.253 e. The second-order valence-electron chi connectivity index (χ2n) is 10.8. The third kappa shape index (κ3) is 5.63. The third-order valence-corrected chi connectivity index (χ3v) is 7.65. The molecule has 41 heavy (non-hydrogen) atoms. The molecule has 0 unspecified atom stereocenters. The standard InChI is InChI=1S/C31H30ClN7O2/c1-19(2)13-27(30(41)38-11-4-12-38)36-29(40)24-8-7-22(16-25(24)32)28-18-35-31-34-17-23(39(31)37-28)15-20-6-9-26-21(14-20)5-3-10-33-26/h3,5-10,14,16-19,27H,4,11-13,15H2,1-2H3,(H,36,40)/t27-/m1/s1. The number of nitrogens with one attached hydrogen (secondary N) is 1. The van der Waals surface area contributed by atoms with Crippen LogP contribution in [0.25, 0.3) is 27.9 Å². The number of fused-ring (bicyclic) bond motifs is 2. The minimum atomic E-state index is -0.578. The first kappa shape index (κ1) is 26.8. The fourth-order valence-corrected chi connectivity index (χ4v) is 5.33. The topological polar surface area (TPSA) is 105 Å². The zero-order chi connectivity index (χ0) is 28.5. The average molecular weight is 568 g/mol. The highest BCUT2D eigenvalue weighted by molar-refractivity contribution is 6.34. The first-order valence-electron chi connectivity index (χ1n) is 13.8. The van der Waals surface area contributed by atoms with E-state index in [0.29, 0.717) is 35.4 Å². The number of hydrogen-bond acceptors (Lipinski definition) is 6. The smallest absolute Gasteiger partial charge is 0.253 e. The predicted molar refractivity (Wildman–Crippen MR) is 158 cm³/mol. The maximum absolute atomic E-state index is 13.2. The lowest BCUT2D eigenvalue weighted by Crippen LogP contribution is -2.53. The summed E-state index contributed by atoms with van der Waals surface area (Å²) in [4.78, 5) is 41.1. The van der Waals surface area contributed by atoms with E-state index in [9.17, 15) is 9.59 Å². The molecule has 1 atom stereocenters. The molecule has 0 saturated carbocycles. The summed E-state index contributed by atoms with van der Waals surface area (Å²) in [6.45, 7) is 5.55. The zero-order valence-electron chi connectivity index (χ0n) is 22.9. The van der Waals surface area contributed by atoms with Crippen molar-refractivity contribution in [2.24, 2.45) is 5.92 Å². The molecule has 1 aliphatic rings. The summed E-state index contributed by atoms with van der Waals surface area (Å²) in [7, 11) is 0. The quantitative estimate of drug-likeness (QED) is 0.284. The molecule has 9 nitrogen and oxygen atoms in total. The molecule has 1 N–H and O–H groups in total. The van der Waals surface area contributed by atoms with Crippen LogP contribution in [0.15, 0.2) is 67.1 Å². The summed E-state index contributed by atoms with van der Waals surface area (Å²) in [6, 6.07) is 14.7. The van der Waals surface area contributed by atoms with Crippen molar-refractivity contribution in [3.63, 3.8) is 0 Å². The molecule has 1 fully saturated rings. The van der Waals surface area contributed by atoms with Gasteiger partial charge in [-0.3, -0.25) is 14.6 Å². The molecule has 2 amide bonds. The fraction of sp³-hybridized carbons (Fsp3) is 0.290. The Morgan fingerprint density at radius 2 is 1.85 bits per heavy atom. The van der Waals surface area contributed by atoms with Gasteiger partial charge in [0.15, 0.2) is 0 Å². The van der Waals surface area contributed by atoms with Crippen molar-refractivity contribution in [3.8, 4) is 11.3 Å². The molecular formula is C31H30ClN7O2.